The van der Waals surface area contributed by atoms with Crippen molar-refractivity contribution in [3.8, 4) is 17.2 Å². The molecule has 0 radical (unpaired) electrons. The fraction of sp³-hybridized carbons (Fsp3) is 0.455. The van der Waals surface area contributed by atoms with Crippen molar-refractivity contribution in [1.82, 2.24) is 0 Å². The fourth-order valence-corrected chi connectivity index (χ4v) is 1.72. The quantitative estimate of drug-likeness (QED) is 0.863. The lowest BCUT2D eigenvalue weighted by Gasteiger charge is -2.26. The zero-order valence-electron chi connectivity index (χ0n) is 10.5. The summed E-state index contributed by atoms with van der Waals surface area (Å²) in [5.74, 6) is -4.96. The Kier molecular flexibility index (Phi) is 4.79. The molecule has 0 fully saturated rings. The topological polar surface area (TPSA) is 53.7 Å². The minimum Gasteiger partial charge on any atom is -0.493 e. The average Bonchev–Trinajstić information content (AvgIpc) is 2.83. The van der Waals surface area contributed by atoms with E-state index in [-0.39, 0.29) is 36.4 Å². The van der Waals surface area contributed by atoms with Crippen LogP contribution in [0.5, 0.6) is 17.2 Å². The number of hydrogen-bond donors (Lipinski definition) is 1. The number of ether oxygens (including phenoxy) is 3. The Balaban J connectivity index is 0.00000220. The largest absolute Gasteiger partial charge is 0.493 e. The van der Waals surface area contributed by atoms with Crippen molar-refractivity contribution in [1.29, 1.82) is 0 Å². The van der Waals surface area contributed by atoms with Crippen molar-refractivity contribution < 1.29 is 36.2 Å². The predicted octanol–water partition coefficient (Wildman–Crippen LogP) is 3.04. The molecule has 10 heteroatoms. The number of hydrogen-bond acceptors (Lipinski definition) is 4. The summed E-state index contributed by atoms with van der Waals surface area (Å²) in [6.45, 7) is -0.181. The van der Waals surface area contributed by atoms with Crippen molar-refractivity contribution in [2.45, 2.75) is 18.1 Å². The molecule has 0 aliphatic carbocycles. The Labute approximate surface area is 122 Å². The molecule has 0 unspecified atom stereocenters. The smallest absolute Gasteiger partial charge is 0.455 e. The van der Waals surface area contributed by atoms with Crippen LogP contribution in [-0.4, -0.2) is 26.0 Å². The second-order valence-corrected chi connectivity index (χ2v) is 4.06. The minimum atomic E-state index is -5.75. The molecule has 1 aromatic carbocycles. The third-order valence-electron chi connectivity index (χ3n) is 2.81. The standard InChI is InChI=1S/C11H10F5NO3.ClH/c1-18-6-2-5(3-7-8(6)20-4-19-7)9(17)10(12,13)11(14,15)16;/h2-3,9H,4,17H2,1H3;1H/t9-;/m0./s1. The van der Waals surface area contributed by atoms with Crippen LogP contribution in [0.3, 0.4) is 0 Å². The highest BCUT2D eigenvalue weighted by Gasteiger charge is 2.61. The molecule has 1 atom stereocenters. The van der Waals surface area contributed by atoms with Gasteiger partial charge in [0.15, 0.2) is 11.5 Å². The molecule has 1 aromatic rings. The van der Waals surface area contributed by atoms with Gasteiger partial charge in [-0.25, -0.2) is 0 Å². The molecular weight excluding hydrogens is 325 g/mol. The summed E-state index contributed by atoms with van der Waals surface area (Å²) in [6.07, 6.45) is -5.75. The van der Waals surface area contributed by atoms with E-state index >= 15 is 0 Å². The summed E-state index contributed by atoms with van der Waals surface area (Å²) in [4.78, 5) is 0. The van der Waals surface area contributed by atoms with Gasteiger partial charge in [0.25, 0.3) is 0 Å². The van der Waals surface area contributed by atoms with Crippen LogP contribution in [0.2, 0.25) is 0 Å². The van der Waals surface area contributed by atoms with Crippen LogP contribution >= 0.6 is 12.4 Å². The zero-order valence-corrected chi connectivity index (χ0v) is 11.4. The van der Waals surface area contributed by atoms with Gasteiger partial charge in [-0.05, 0) is 17.7 Å². The molecule has 0 aromatic heterocycles. The van der Waals surface area contributed by atoms with Gasteiger partial charge >= 0.3 is 12.1 Å². The Morgan fingerprint density at radius 1 is 1.19 bits per heavy atom. The van der Waals surface area contributed by atoms with Crippen LogP contribution in [0.4, 0.5) is 22.0 Å². The minimum absolute atomic E-state index is 0. The third kappa shape index (κ3) is 2.93. The van der Waals surface area contributed by atoms with E-state index in [2.05, 4.69) is 0 Å². The molecule has 0 spiro atoms. The van der Waals surface area contributed by atoms with Gasteiger partial charge in [0, 0.05) is 0 Å². The second kappa shape index (κ2) is 5.72. The van der Waals surface area contributed by atoms with Crippen LogP contribution in [0.25, 0.3) is 0 Å². The highest BCUT2D eigenvalue weighted by Crippen LogP contribution is 2.48. The molecule has 2 N–H and O–H groups in total. The molecule has 120 valence electrons. The molecule has 1 aliphatic heterocycles. The second-order valence-electron chi connectivity index (χ2n) is 4.06. The Hall–Kier alpha value is -1.48. The highest BCUT2D eigenvalue weighted by molar-refractivity contribution is 5.85. The van der Waals surface area contributed by atoms with E-state index in [9.17, 15) is 22.0 Å². The van der Waals surface area contributed by atoms with Gasteiger partial charge in [-0.2, -0.15) is 22.0 Å². The normalized spacial score (nSPS) is 15.4. The molecule has 0 saturated carbocycles. The lowest BCUT2D eigenvalue weighted by molar-refractivity contribution is -0.291. The van der Waals surface area contributed by atoms with Gasteiger partial charge in [0.1, 0.15) is 6.04 Å². The Bertz CT molecular complexity index is 523. The lowest BCUT2D eigenvalue weighted by atomic mass is 10.00. The van der Waals surface area contributed by atoms with E-state index in [0.29, 0.717) is 0 Å². The number of alkyl halides is 5. The maximum absolute atomic E-state index is 13.2. The SMILES string of the molecule is COc1cc([C@H](N)C(F)(F)C(F)(F)F)cc2c1OCO2.Cl. The summed E-state index contributed by atoms with van der Waals surface area (Å²) in [6, 6.07) is -0.626. The molecule has 1 aliphatic rings. The number of fused-ring (bicyclic) bond motifs is 1. The van der Waals surface area contributed by atoms with Crippen LogP contribution in [-0.2, 0) is 0 Å². The molecule has 0 amide bonds. The first-order valence-corrected chi connectivity index (χ1v) is 5.36. The number of nitrogens with two attached hydrogens (primary N) is 1. The summed E-state index contributed by atoms with van der Waals surface area (Å²) >= 11 is 0. The predicted molar refractivity (Wildman–Crippen MR) is 64.3 cm³/mol. The average molecular weight is 336 g/mol. The van der Waals surface area contributed by atoms with E-state index in [1.807, 2.05) is 0 Å². The maximum Gasteiger partial charge on any atom is 0.455 e. The fourth-order valence-electron chi connectivity index (χ4n) is 1.72. The molecule has 21 heavy (non-hydrogen) atoms. The highest BCUT2D eigenvalue weighted by atomic mass is 35.5. The molecule has 1 heterocycles. The van der Waals surface area contributed by atoms with E-state index in [0.717, 1.165) is 12.1 Å². The van der Waals surface area contributed by atoms with Crippen molar-refractivity contribution >= 4 is 12.4 Å². The first kappa shape index (κ1) is 17.6. The van der Waals surface area contributed by atoms with Gasteiger partial charge < -0.3 is 19.9 Å². The van der Waals surface area contributed by atoms with Gasteiger partial charge in [0.05, 0.1) is 7.11 Å². The number of benzene rings is 1. The first-order valence-electron chi connectivity index (χ1n) is 5.36. The number of rotatable bonds is 3. The Morgan fingerprint density at radius 2 is 1.81 bits per heavy atom. The Morgan fingerprint density at radius 3 is 2.33 bits per heavy atom. The number of methoxy groups -OCH3 is 1. The zero-order chi connectivity index (χ0) is 15.1. The maximum atomic E-state index is 13.2. The van der Waals surface area contributed by atoms with Crippen LogP contribution in [0, 0.1) is 0 Å². The summed E-state index contributed by atoms with van der Waals surface area (Å²) in [5.41, 5.74) is 4.59. The molecular formula is C11H11ClF5NO3. The van der Waals surface area contributed by atoms with Crippen LogP contribution in [0.1, 0.15) is 11.6 Å². The lowest BCUT2D eigenvalue weighted by Crippen LogP contribution is -2.45. The van der Waals surface area contributed by atoms with Gasteiger partial charge in [-0.15, -0.1) is 12.4 Å². The monoisotopic (exact) mass is 335 g/mol. The van der Waals surface area contributed by atoms with Crippen LogP contribution < -0.4 is 19.9 Å². The summed E-state index contributed by atoms with van der Waals surface area (Å²) < 4.78 is 78.2. The van der Waals surface area contributed by atoms with E-state index in [1.165, 1.54) is 7.11 Å². The first-order chi connectivity index (χ1) is 9.18. The molecule has 0 bridgehead atoms. The van der Waals surface area contributed by atoms with Crippen LogP contribution in [0.15, 0.2) is 12.1 Å². The molecule has 0 saturated heterocycles. The van der Waals surface area contributed by atoms with Crippen molar-refractivity contribution in [3.05, 3.63) is 17.7 Å². The van der Waals surface area contributed by atoms with Gasteiger partial charge in [-0.3, -0.25) is 0 Å². The summed E-state index contributed by atoms with van der Waals surface area (Å²) in [5, 5.41) is 0. The molecule has 2 rings (SSSR count). The van der Waals surface area contributed by atoms with E-state index in [4.69, 9.17) is 19.9 Å². The van der Waals surface area contributed by atoms with Gasteiger partial charge in [0.2, 0.25) is 12.5 Å². The van der Waals surface area contributed by atoms with E-state index < -0.39 is 23.7 Å². The number of halogens is 6. The third-order valence-corrected chi connectivity index (χ3v) is 2.81. The van der Waals surface area contributed by atoms with Crippen molar-refractivity contribution in [2.75, 3.05) is 13.9 Å². The van der Waals surface area contributed by atoms with Gasteiger partial charge in [-0.1, -0.05) is 0 Å². The van der Waals surface area contributed by atoms with Crippen molar-refractivity contribution in [2.24, 2.45) is 5.73 Å². The van der Waals surface area contributed by atoms with E-state index in [1.54, 1.807) is 0 Å². The van der Waals surface area contributed by atoms with Crippen molar-refractivity contribution in [3.63, 3.8) is 0 Å². The summed E-state index contributed by atoms with van der Waals surface area (Å²) in [7, 11) is 1.22. The molecule has 4 nitrogen and oxygen atoms in total.